The van der Waals surface area contributed by atoms with Crippen LogP contribution in [0.1, 0.15) is 26.3 Å². The molecule has 6 heteroatoms. The highest BCUT2D eigenvalue weighted by Gasteiger charge is 2.11. The van der Waals surface area contributed by atoms with Crippen molar-refractivity contribution in [1.29, 1.82) is 0 Å². The Morgan fingerprint density at radius 2 is 1.63 bits per heavy atom. The second-order valence-electron chi connectivity index (χ2n) is 5.92. The minimum Gasteiger partial charge on any atom is -0.352 e. The van der Waals surface area contributed by atoms with Gasteiger partial charge in [0, 0.05) is 29.6 Å². The van der Waals surface area contributed by atoms with Crippen molar-refractivity contribution < 1.29 is 9.59 Å². The molecule has 0 saturated heterocycles. The summed E-state index contributed by atoms with van der Waals surface area (Å²) >= 11 is 5.92. The van der Waals surface area contributed by atoms with E-state index in [0.29, 0.717) is 28.4 Å². The second kappa shape index (κ2) is 8.96. The number of benzene rings is 2. The lowest BCUT2D eigenvalue weighted by atomic mass is 10.1. The Morgan fingerprint density at radius 3 is 2.37 bits per heavy atom. The van der Waals surface area contributed by atoms with E-state index in [1.54, 1.807) is 24.3 Å². The first-order chi connectivity index (χ1) is 13.1. The van der Waals surface area contributed by atoms with Crippen LogP contribution in [-0.4, -0.2) is 23.3 Å². The summed E-state index contributed by atoms with van der Waals surface area (Å²) in [4.78, 5) is 28.7. The first kappa shape index (κ1) is 18.6. The number of amides is 2. The third-order valence-corrected chi connectivity index (χ3v) is 4.12. The van der Waals surface area contributed by atoms with Crippen LogP contribution in [0.25, 0.3) is 0 Å². The first-order valence-corrected chi connectivity index (χ1v) is 8.84. The molecule has 5 nitrogen and oxygen atoms in total. The number of nitrogens with zero attached hydrogens (tertiary/aromatic N) is 1. The lowest BCUT2D eigenvalue weighted by Gasteiger charge is -2.08. The van der Waals surface area contributed by atoms with E-state index in [1.165, 1.54) is 18.5 Å². The monoisotopic (exact) mass is 379 g/mol. The number of carbonyl (C=O) groups excluding carboxylic acids is 2. The molecule has 0 aliphatic heterocycles. The van der Waals surface area contributed by atoms with E-state index >= 15 is 0 Å². The summed E-state index contributed by atoms with van der Waals surface area (Å²) in [5.74, 6) is -0.625. The zero-order valence-electron chi connectivity index (χ0n) is 14.5. The van der Waals surface area contributed by atoms with Crippen molar-refractivity contribution in [2.24, 2.45) is 0 Å². The van der Waals surface area contributed by atoms with Crippen molar-refractivity contribution >= 4 is 29.1 Å². The molecule has 1 heterocycles. The van der Waals surface area contributed by atoms with Gasteiger partial charge >= 0.3 is 0 Å². The van der Waals surface area contributed by atoms with E-state index in [4.69, 9.17) is 11.6 Å². The van der Waals surface area contributed by atoms with Gasteiger partial charge in [0.05, 0.1) is 11.1 Å². The van der Waals surface area contributed by atoms with Crippen molar-refractivity contribution in [3.8, 4) is 0 Å². The van der Waals surface area contributed by atoms with Gasteiger partial charge in [-0.15, -0.1) is 0 Å². The van der Waals surface area contributed by atoms with Gasteiger partial charge in [-0.1, -0.05) is 48.0 Å². The van der Waals surface area contributed by atoms with Gasteiger partial charge in [0.25, 0.3) is 11.8 Å². The van der Waals surface area contributed by atoms with Crippen LogP contribution in [0.3, 0.4) is 0 Å². The molecular formula is C21H18ClN3O2. The minimum atomic E-state index is -0.358. The number of halogens is 1. The molecule has 2 aromatic carbocycles. The largest absolute Gasteiger partial charge is 0.352 e. The highest BCUT2D eigenvalue weighted by molar-refractivity contribution is 6.31. The second-order valence-corrected chi connectivity index (χ2v) is 6.35. The van der Waals surface area contributed by atoms with Crippen LogP contribution in [0.5, 0.6) is 0 Å². The number of anilines is 1. The van der Waals surface area contributed by atoms with Crippen LogP contribution < -0.4 is 10.6 Å². The maximum absolute atomic E-state index is 12.4. The van der Waals surface area contributed by atoms with Gasteiger partial charge in [-0.2, -0.15) is 0 Å². The topological polar surface area (TPSA) is 71.1 Å². The van der Waals surface area contributed by atoms with E-state index < -0.39 is 0 Å². The van der Waals surface area contributed by atoms with Crippen molar-refractivity contribution in [2.45, 2.75) is 6.42 Å². The summed E-state index contributed by atoms with van der Waals surface area (Å²) in [6.45, 7) is 0.502. The third kappa shape index (κ3) is 5.39. The maximum Gasteiger partial charge on any atom is 0.257 e. The van der Waals surface area contributed by atoms with Gasteiger partial charge < -0.3 is 10.6 Å². The standard InChI is InChI=1S/C21H18ClN3O2/c22-18-7-4-8-19(12-18)25-21(27)17-11-16(13-23-14-17)20(26)24-10-9-15-5-2-1-3-6-15/h1-8,11-14H,9-10H2,(H,24,26)(H,25,27). The molecule has 0 spiro atoms. The first-order valence-electron chi connectivity index (χ1n) is 8.46. The van der Waals surface area contributed by atoms with Crippen molar-refractivity contribution in [3.63, 3.8) is 0 Å². The fraction of sp³-hybridized carbons (Fsp3) is 0.0952. The van der Waals surface area contributed by atoms with Gasteiger partial charge in [-0.25, -0.2) is 0 Å². The fourth-order valence-electron chi connectivity index (χ4n) is 2.52. The van der Waals surface area contributed by atoms with E-state index in [-0.39, 0.29) is 11.8 Å². The Bertz CT molecular complexity index is 945. The number of pyridine rings is 1. The molecule has 0 bridgehead atoms. The van der Waals surface area contributed by atoms with Crippen LogP contribution >= 0.6 is 11.6 Å². The fourth-order valence-corrected chi connectivity index (χ4v) is 2.72. The molecule has 0 radical (unpaired) electrons. The molecular weight excluding hydrogens is 362 g/mol. The lowest BCUT2D eigenvalue weighted by molar-refractivity contribution is 0.0953. The molecule has 0 aliphatic rings. The number of aromatic nitrogens is 1. The van der Waals surface area contributed by atoms with Gasteiger partial charge in [-0.3, -0.25) is 14.6 Å². The number of hydrogen-bond donors (Lipinski definition) is 2. The average molecular weight is 380 g/mol. The number of hydrogen-bond acceptors (Lipinski definition) is 3. The summed E-state index contributed by atoms with van der Waals surface area (Å²) in [6.07, 6.45) is 3.59. The van der Waals surface area contributed by atoms with Gasteiger partial charge in [0.2, 0.25) is 0 Å². The van der Waals surface area contributed by atoms with Gasteiger partial charge in [0.15, 0.2) is 0 Å². The highest BCUT2D eigenvalue weighted by Crippen LogP contribution is 2.16. The Kier molecular flexibility index (Phi) is 6.18. The van der Waals surface area contributed by atoms with Crippen molar-refractivity contribution in [1.82, 2.24) is 10.3 Å². The normalized spacial score (nSPS) is 10.3. The maximum atomic E-state index is 12.4. The van der Waals surface area contributed by atoms with E-state index in [1.807, 2.05) is 30.3 Å². The molecule has 0 unspecified atom stereocenters. The molecule has 0 aliphatic carbocycles. The number of nitrogens with one attached hydrogen (secondary N) is 2. The Hall–Kier alpha value is -3.18. The van der Waals surface area contributed by atoms with Crippen molar-refractivity contribution in [2.75, 3.05) is 11.9 Å². The molecule has 0 atom stereocenters. The predicted molar refractivity (Wildman–Crippen MR) is 106 cm³/mol. The summed E-state index contributed by atoms with van der Waals surface area (Å²) in [7, 11) is 0. The Labute approximate surface area is 162 Å². The van der Waals surface area contributed by atoms with Crippen LogP contribution in [0.4, 0.5) is 5.69 Å². The molecule has 0 saturated carbocycles. The quantitative estimate of drug-likeness (QED) is 0.681. The number of carbonyl (C=O) groups is 2. The van der Waals surface area contributed by atoms with Crippen LogP contribution in [0, 0.1) is 0 Å². The van der Waals surface area contributed by atoms with Gasteiger partial charge in [-0.05, 0) is 36.2 Å². The smallest absolute Gasteiger partial charge is 0.257 e. The van der Waals surface area contributed by atoms with Crippen LogP contribution in [0.15, 0.2) is 73.1 Å². The molecule has 1 aromatic heterocycles. The molecule has 2 N–H and O–H groups in total. The lowest BCUT2D eigenvalue weighted by Crippen LogP contribution is -2.26. The molecule has 136 valence electrons. The van der Waals surface area contributed by atoms with E-state index in [9.17, 15) is 9.59 Å². The molecule has 27 heavy (non-hydrogen) atoms. The van der Waals surface area contributed by atoms with Crippen LogP contribution in [0.2, 0.25) is 5.02 Å². The Balaban J connectivity index is 1.60. The average Bonchev–Trinajstić information content (AvgIpc) is 2.69. The van der Waals surface area contributed by atoms with E-state index in [0.717, 1.165) is 12.0 Å². The molecule has 3 aromatic rings. The summed E-state index contributed by atoms with van der Waals surface area (Å²) in [6, 6.07) is 18.3. The van der Waals surface area contributed by atoms with Crippen molar-refractivity contribution in [3.05, 3.63) is 94.8 Å². The molecule has 0 fully saturated rings. The van der Waals surface area contributed by atoms with Crippen LogP contribution in [-0.2, 0) is 6.42 Å². The molecule has 3 rings (SSSR count). The molecule has 2 amide bonds. The summed E-state index contributed by atoms with van der Waals surface area (Å²) < 4.78 is 0. The highest BCUT2D eigenvalue weighted by atomic mass is 35.5. The zero-order valence-corrected chi connectivity index (χ0v) is 15.2. The van der Waals surface area contributed by atoms with E-state index in [2.05, 4.69) is 15.6 Å². The summed E-state index contributed by atoms with van der Waals surface area (Å²) in [5, 5.41) is 6.10. The Morgan fingerprint density at radius 1 is 0.889 bits per heavy atom. The summed E-state index contributed by atoms with van der Waals surface area (Å²) in [5.41, 5.74) is 2.35. The number of rotatable bonds is 6. The predicted octanol–water partition coefficient (Wildman–Crippen LogP) is 3.96. The third-order valence-electron chi connectivity index (χ3n) is 3.89. The zero-order chi connectivity index (χ0) is 19.1. The van der Waals surface area contributed by atoms with Gasteiger partial charge in [0.1, 0.15) is 0 Å². The SMILES string of the molecule is O=C(NCCc1ccccc1)c1cncc(C(=O)Nc2cccc(Cl)c2)c1. The minimum absolute atomic E-state index is 0.268.